The summed E-state index contributed by atoms with van der Waals surface area (Å²) in [5, 5.41) is 0. The monoisotopic (exact) mass is 1160 g/mol. The molecule has 0 unspecified atom stereocenters. The molecule has 0 atom stereocenters. The molecule has 0 saturated heterocycles. The van der Waals surface area contributed by atoms with Crippen LogP contribution in [0.5, 0.6) is 0 Å². The quantitative estimate of drug-likeness (QED) is 0.102. The summed E-state index contributed by atoms with van der Waals surface area (Å²) in [6, 6.07) is 45.0. The second kappa shape index (κ2) is 22.4. The first kappa shape index (κ1) is 57.8. The van der Waals surface area contributed by atoms with E-state index in [-0.39, 0.29) is 51.4 Å². The average molecular weight is 1160 g/mol. The van der Waals surface area contributed by atoms with Gasteiger partial charge in [-0.25, -0.2) is 0 Å². The Morgan fingerprint density at radius 1 is 0.284 bits per heavy atom. The molecule has 6 aromatic carbocycles. The lowest BCUT2D eigenvalue weighted by Gasteiger charge is -2.27. The minimum atomic E-state index is -0.429. The van der Waals surface area contributed by atoms with Crippen LogP contribution in [-0.2, 0) is 14.2 Å². The van der Waals surface area contributed by atoms with Crippen LogP contribution in [0, 0.1) is 16.2 Å². The summed E-state index contributed by atoms with van der Waals surface area (Å²) in [7, 11) is 0. The number of allylic oxidation sites excluding steroid dienone is 18. The van der Waals surface area contributed by atoms with Crippen LogP contribution in [0.25, 0.3) is 18.2 Å². The number of Topliss-reactive ketones (excluding diaryl/α,β-unsaturated/α-hetero) is 6. The lowest BCUT2D eigenvalue weighted by atomic mass is 9.89. The molecular weight excluding hydrogens is 1090 g/mol. The molecule has 10 heteroatoms. The van der Waals surface area contributed by atoms with Gasteiger partial charge < -0.3 is 19.1 Å². The maximum atomic E-state index is 13.7. The van der Waals surface area contributed by atoms with Crippen molar-refractivity contribution in [1.82, 2.24) is 0 Å². The molecule has 0 saturated carbocycles. The van der Waals surface area contributed by atoms with Gasteiger partial charge in [0.15, 0.2) is 34.7 Å². The first-order chi connectivity index (χ1) is 42.0. The predicted octanol–water partition coefficient (Wildman–Crippen LogP) is 17.9. The van der Waals surface area contributed by atoms with E-state index in [1.807, 2.05) is 172 Å². The van der Waals surface area contributed by atoms with Crippen molar-refractivity contribution in [3.8, 4) is 0 Å². The van der Waals surface area contributed by atoms with Crippen molar-refractivity contribution < 1.29 is 43.0 Å². The van der Waals surface area contributed by atoms with Gasteiger partial charge in [-0.2, -0.15) is 0 Å². The topological polar surface area (TPSA) is 133 Å². The van der Waals surface area contributed by atoms with E-state index in [1.54, 1.807) is 109 Å². The van der Waals surface area contributed by atoms with Crippen LogP contribution < -0.4 is 4.90 Å². The third-order valence-corrected chi connectivity index (χ3v) is 15.9. The first-order valence-electron chi connectivity index (χ1n) is 29.3. The number of ether oxygens (including phenoxy) is 3. The van der Waals surface area contributed by atoms with Crippen LogP contribution in [0.4, 0.5) is 17.1 Å². The number of rotatable bonds is 9. The van der Waals surface area contributed by atoms with Gasteiger partial charge in [0, 0.05) is 66.7 Å². The number of hydrogen-bond donors (Lipinski definition) is 0. The number of nitrogens with zero attached hydrogens (tertiary/aromatic N) is 1. The molecular formula is C78H63NO9. The number of anilines is 3. The van der Waals surface area contributed by atoms with E-state index in [4.69, 9.17) is 14.2 Å². The molecule has 3 heterocycles. The summed E-state index contributed by atoms with van der Waals surface area (Å²) < 4.78 is 19.3. The normalized spacial score (nSPS) is 17.0. The van der Waals surface area contributed by atoms with Crippen molar-refractivity contribution in [3.63, 3.8) is 0 Å². The number of hydrogen-bond acceptors (Lipinski definition) is 10. The van der Waals surface area contributed by atoms with E-state index in [1.165, 1.54) is 0 Å². The van der Waals surface area contributed by atoms with Crippen LogP contribution in [0.2, 0.25) is 0 Å². The number of benzene rings is 6. The molecule has 0 amide bonds. The van der Waals surface area contributed by atoms with Gasteiger partial charge in [0.25, 0.3) is 0 Å². The zero-order valence-corrected chi connectivity index (χ0v) is 50.4. The summed E-state index contributed by atoms with van der Waals surface area (Å²) in [4.78, 5) is 84.1. The van der Waals surface area contributed by atoms with E-state index in [0.29, 0.717) is 84.7 Å². The van der Waals surface area contributed by atoms with Crippen molar-refractivity contribution >= 4 is 70.0 Å². The Bertz CT molecular complexity index is 3890. The van der Waals surface area contributed by atoms with Gasteiger partial charge in [-0.3, -0.25) is 28.8 Å². The van der Waals surface area contributed by atoms with Crippen molar-refractivity contribution in [2.45, 2.75) is 62.3 Å². The highest BCUT2D eigenvalue weighted by molar-refractivity contribution is 6.41. The fourth-order valence-corrected chi connectivity index (χ4v) is 11.1. The zero-order chi connectivity index (χ0) is 62.0. The van der Waals surface area contributed by atoms with Gasteiger partial charge in [0.1, 0.15) is 34.6 Å². The van der Waals surface area contributed by atoms with Crippen LogP contribution >= 0.6 is 0 Å². The molecule has 0 radical (unpaired) electrons. The van der Waals surface area contributed by atoms with Crippen molar-refractivity contribution in [1.29, 1.82) is 0 Å². The third-order valence-electron chi connectivity index (χ3n) is 15.9. The fourth-order valence-electron chi connectivity index (χ4n) is 11.1. The smallest absolute Gasteiger partial charge is 0.198 e. The fraction of sp³-hybridized carbons (Fsp3) is 0.154. The van der Waals surface area contributed by atoms with Crippen LogP contribution in [0.1, 0.15) is 141 Å². The highest BCUT2D eigenvalue weighted by Gasteiger charge is 2.39. The van der Waals surface area contributed by atoms with Crippen LogP contribution in [0.15, 0.2) is 268 Å². The molecule has 10 nitrogen and oxygen atoms in total. The standard InChI is InChI=1S/C78H63NO9/c1-76(2,3)64-43-49(67-70(80)58-16-10-11-17-59(58)71(67)81)40-55(86-64)37-28-46-22-31-52(32-23-46)79(53-33-24-47(25-34-53)29-38-56-41-50(44-65(87-56)77(4,5)6)68-72(82)60-18-12-13-19-61(60)73(68)83)54-35-26-48(27-36-54)30-39-57-42-51(45-66(88-57)78(7,8)9)69-74(84)62-20-14-15-21-63(62)75(69)85/h10-45H,1-9H3/b37-28+,38-29+,39-30+. The first-order valence-corrected chi connectivity index (χ1v) is 29.3. The van der Waals surface area contributed by atoms with Crippen LogP contribution in [0.3, 0.4) is 0 Å². The van der Waals surface area contributed by atoms with E-state index < -0.39 is 16.2 Å². The van der Waals surface area contributed by atoms with E-state index in [9.17, 15) is 28.8 Å². The second-order valence-corrected chi connectivity index (χ2v) is 25.4. The second-order valence-electron chi connectivity index (χ2n) is 25.4. The highest BCUT2D eigenvalue weighted by atomic mass is 16.5. The third kappa shape index (κ3) is 11.2. The Labute approximate surface area is 512 Å². The number of fused-ring (bicyclic) bond motifs is 3. The van der Waals surface area contributed by atoms with Crippen molar-refractivity contribution in [3.05, 3.63) is 318 Å². The Kier molecular flexibility index (Phi) is 14.7. The predicted molar refractivity (Wildman–Crippen MR) is 345 cm³/mol. The summed E-state index contributed by atoms with van der Waals surface area (Å²) in [6.07, 6.45) is 22.0. The highest BCUT2D eigenvalue weighted by Crippen LogP contribution is 2.42. The zero-order valence-electron chi connectivity index (χ0n) is 50.4. The molecule has 0 N–H and O–H groups in total. The molecule has 0 aromatic heterocycles. The summed E-state index contributed by atoms with van der Waals surface area (Å²) in [5.74, 6) is 1.54. The SMILES string of the molecule is CC(C)(C)C1=CC(=C2C(=O)c3ccccc3C2=O)C=C(/C=C/c2ccc(N(c3ccc(/C=C/C4=CC(=C5C(=O)c6ccccc6C5=O)C=C(C(C)(C)C)O4)cc3)c3ccc(/C=C/C4=CC(=C5C(=O)c6ccccc6C5=O)C=C(C(C)(C)C)O4)cc3)cc2)O1. The Balaban J connectivity index is 0.855. The van der Waals surface area contributed by atoms with Crippen molar-refractivity contribution in [2.24, 2.45) is 16.2 Å². The number of carbonyl (C=O) groups excluding carboxylic acids is 6. The van der Waals surface area contributed by atoms with E-state index >= 15 is 0 Å². The largest absolute Gasteiger partial charge is 0.461 e. The average Bonchev–Trinajstić information content (AvgIpc) is 1.79. The minimum absolute atomic E-state index is 0.130. The van der Waals surface area contributed by atoms with Gasteiger partial charge in [-0.15, -0.1) is 0 Å². The van der Waals surface area contributed by atoms with E-state index in [0.717, 1.165) is 33.8 Å². The summed E-state index contributed by atoms with van der Waals surface area (Å²) >= 11 is 0. The molecule has 12 rings (SSSR count). The van der Waals surface area contributed by atoms with Gasteiger partial charge in [0.2, 0.25) is 0 Å². The molecule has 0 bridgehead atoms. The summed E-state index contributed by atoms with van der Waals surface area (Å²) in [5.41, 5.74) is 8.23. The number of ketones is 6. The minimum Gasteiger partial charge on any atom is -0.461 e. The molecule has 434 valence electrons. The molecule has 3 aliphatic heterocycles. The van der Waals surface area contributed by atoms with Gasteiger partial charge in [-0.05, 0) is 124 Å². The maximum Gasteiger partial charge on any atom is 0.198 e. The molecule has 0 fully saturated rings. The van der Waals surface area contributed by atoms with Gasteiger partial charge >= 0.3 is 0 Å². The van der Waals surface area contributed by atoms with Gasteiger partial charge in [0.05, 0.1) is 16.7 Å². The molecule has 6 aliphatic rings. The lowest BCUT2D eigenvalue weighted by molar-refractivity contribution is 0.0971. The Morgan fingerprint density at radius 2 is 0.500 bits per heavy atom. The number of carbonyl (C=O) groups is 6. The molecule has 3 aliphatic carbocycles. The van der Waals surface area contributed by atoms with Crippen LogP contribution in [-0.4, -0.2) is 34.7 Å². The van der Waals surface area contributed by atoms with E-state index in [2.05, 4.69) is 4.90 Å². The Morgan fingerprint density at radius 3 is 0.705 bits per heavy atom. The van der Waals surface area contributed by atoms with Gasteiger partial charge in [-0.1, -0.05) is 190 Å². The molecule has 88 heavy (non-hydrogen) atoms. The van der Waals surface area contributed by atoms with Crippen molar-refractivity contribution in [2.75, 3.05) is 4.90 Å². The maximum absolute atomic E-state index is 13.7. The molecule has 6 aromatic rings. The summed E-state index contributed by atoms with van der Waals surface area (Å²) in [6.45, 7) is 18.2. The Hall–Kier alpha value is -10.6. The molecule has 0 spiro atoms. The lowest BCUT2D eigenvalue weighted by Crippen LogP contribution is -2.16.